The average molecular weight is 286 g/mol. The molecule has 0 saturated heterocycles. The van der Waals surface area contributed by atoms with Gasteiger partial charge in [-0.25, -0.2) is 0 Å². The number of phenols is 4. The van der Waals surface area contributed by atoms with Gasteiger partial charge in [0, 0.05) is 17.2 Å². The zero-order chi connectivity index (χ0) is 15.5. The fraction of sp³-hybridized carbons (Fsp3) is 0.0667. The van der Waals surface area contributed by atoms with Gasteiger partial charge in [-0.05, 0) is 24.6 Å². The largest absolute Gasteiger partial charge is 0.508 e. The molecule has 0 aliphatic heterocycles. The van der Waals surface area contributed by atoms with Crippen molar-refractivity contribution in [2.45, 2.75) is 6.92 Å². The Labute approximate surface area is 118 Å². The van der Waals surface area contributed by atoms with E-state index in [4.69, 9.17) is 0 Å². The predicted octanol–water partition coefficient (Wildman–Crippen LogP) is 1.59. The maximum absolute atomic E-state index is 12.4. The predicted molar refractivity (Wildman–Crippen MR) is 71.1 cm³/mol. The summed E-state index contributed by atoms with van der Waals surface area (Å²) in [5.41, 5.74) is -0.644. The van der Waals surface area contributed by atoms with Crippen molar-refractivity contribution < 1.29 is 30.0 Å². The van der Waals surface area contributed by atoms with Gasteiger partial charge in [0.2, 0.25) is 0 Å². The molecular formula is C15H10O6. The van der Waals surface area contributed by atoms with Gasteiger partial charge >= 0.3 is 0 Å². The molecule has 2 aromatic carbocycles. The molecule has 0 spiro atoms. The van der Waals surface area contributed by atoms with Crippen molar-refractivity contribution in [2.24, 2.45) is 0 Å². The number of hydrogen-bond acceptors (Lipinski definition) is 6. The van der Waals surface area contributed by atoms with E-state index in [1.165, 1.54) is 13.0 Å². The minimum Gasteiger partial charge on any atom is -0.508 e. The SMILES string of the molecule is Cc1cc2c(c(O)c1O)C(=O)c1cc(O)cc(O)c1C2=O. The lowest BCUT2D eigenvalue weighted by atomic mass is 9.82. The zero-order valence-corrected chi connectivity index (χ0v) is 10.8. The lowest BCUT2D eigenvalue weighted by molar-refractivity contribution is 0.0973. The maximum atomic E-state index is 12.4. The molecule has 0 atom stereocenters. The number of aryl methyl sites for hydroxylation is 1. The summed E-state index contributed by atoms with van der Waals surface area (Å²) in [6.07, 6.45) is 0. The summed E-state index contributed by atoms with van der Waals surface area (Å²) < 4.78 is 0. The van der Waals surface area contributed by atoms with Crippen molar-refractivity contribution in [1.82, 2.24) is 0 Å². The van der Waals surface area contributed by atoms with Crippen molar-refractivity contribution in [3.63, 3.8) is 0 Å². The van der Waals surface area contributed by atoms with Gasteiger partial charge in [0.05, 0.1) is 11.1 Å². The molecular weight excluding hydrogens is 276 g/mol. The number of ketones is 2. The maximum Gasteiger partial charge on any atom is 0.198 e. The van der Waals surface area contributed by atoms with E-state index in [0.29, 0.717) is 0 Å². The van der Waals surface area contributed by atoms with Crippen LogP contribution in [0.15, 0.2) is 18.2 Å². The van der Waals surface area contributed by atoms with Crippen LogP contribution in [0.5, 0.6) is 23.0 Å². The van der Waals surface area contributed by atoms with Crippen molar-refractivity contribution in [3.05, 3.63) is 46.0 Å². The summed E-state index contributed by atoms with van der Waals surface area (Å²) in [6.45, 7) is 1.47. The number of benzene rings is 2. The fourth-order valence-electron chi connectivity index (χ4n) is 2.50. The van der Waals surface area contributed by atoms with Gasteiger partial charge in [0.25, 0.3) is 0 Å². The van der Waals surface area contributed by atoms with Crippen LogP contribution in [-0.2, 0) is 0 Å². The molecule has 21 heavy (non-hydrogen) atoms. The summed E-state index contributed by atoms with van der Waals surface area (Å²) in [4.78, 5) is 24.8. The Morgan fingerprint density at radius 1 is 0.762 bits per heavy atom. The molecule has 1 aliphatic carbocycles. The van der Waals surface area contributed by atoms with Crippen LogP contribution in [0.25, 0.3) is 0 Å². The standard InChI is InChI=1S/C15H10O6/c1-5-2-7-11(15(21)12(5)18)14(20)8-3-6(16)4-9(17)10(8)13(7)19/h2-4,16-18,21H,1H3. The van der Waals surface area contributed by atoms with Gasteiger partial charge in [-0.15, -0.1) is 0 Å². The molecule has 0 saturated carbocycles. The number of hydrogen-bond donors (Lipinski definition) is 4. The highest BCUT2D eigenvalue weighted by molar-refractivity contribution is 6.30. The van der Waals surface area contributed by atoms with Gasteiger partial charge in [0.15, 0.2) is 23.1 Å². The Morgan fingerprint density at radius 3 is 2.00 bits per heavy atom. The Hall–Kier alpha value is -3.02. The number of fused-ring (bicyclic) bond motifs is 2. The van der Waals surface area contributed by atoms with Gasteiger partial charge in [-0.1, -0.05) is 0 Å². The summed E-state index contributed by atoms with van der Waals surface area (Å²) in [5, 5.41) is 38.9. The molecule has 0 radical (unpaired) electrons. The second-order valence-electron chi connectivity index (χ2n) is 4.86. The highest BCUT2D eigenvalue weighted by atomic mass is 16.3. The first kappa shape index (κ1) is 13.0. The number of carbonyl (C=O) groups is 2. The molecule has 6 nitrogen and oxygen atoms in total. The number of aromatic hydroxyl groups is 4. The lowest BCUT2D eigenvalue weighted by Crippen LogP contribution is -2.21. The summed E-state index contributed by atoms with van der Waals surface area (Å²) >= 11 is 0. The monoisotopic (exact) mass is 286 g/mol. The van der Waals surface area contributed by atoms with E-state index in [1.807, 2.05) is 0 Å². The van der Waals surface area contributed by atoms with Crippen LogP contribution in [0, 0.1) is 6.92 Å². The fourth-order valence-corrected chi connectivity index (χ4v) is 2.50. The van der Waals surface area contributed by atoms with Crippen molar-refractivity contribution in [1.29, 1.82) is 0 Å². The van der Waals surface area contributed by atoms with Crippen LogP contribution >= 0.6 is 0 Å². The molecule has 0 aromatic heterocycles. The number of rotatable bonds is 0. The summed E-state index contributed by atoms with van der Waals surface area (Å²) in [6, 6.07) is 3.27. The average Bonchev–Trinajstić information content (AvgIpc) is 2.41. The van der Waals surface area contributed by atoms with Crippen LogP contribution in [-0.4, -0.2) is 32.0 Å². The van der Waals surface area contributed by atoms with E-state index in [9.17, 15) is 30.0 Å². The third kappa shape index (κ3) is 1.59. The van der Waals surface area contributed by atoms with Gasteiger partial charge in [0.1, 0.15) is 11.5 Å². The van der Waals surface area contributed by atoms with E-state index >= 15 is 0 Å². The van der Waals surface area contributed by atoms with E-state index in [-0.39, 0.29) is 33.6 Å². The normalized spacial score (nSPS) is 13.0. The third-order valence-electron chi connectivity index (χ3n) is 3.51. The molecule has 6 heteroatoms. The highest BCUT2D eigenvalue weighted by Gasteiger charge is 2.36. The Bertz CT molecular complexity index is 835. The molecule has 106 valence electrons. The smallest absolute Gasteiger partial charge is 0.198 e. The minimum absolute atomic E-state index is 0.0960. The van der Waals surface area contributed by atoms with Crippen LogP contribution in [0.3, 0.4) is 0 Å². The molecule has 0 fully saturated rings. The molecule has 0 unspecified atom stereocenters. The van der Waals surface area contributed by atoms with Crippen LogP contribution in [0.4, 0.5) is 0 Å². The first-order valence-electron chi connectivity index (χ1n) is 6.03. The topological polar surface area (TPSA) is 115 Å². The zero-order valence-electron chi connectivity index (χ0n) is 10.8. The number of carbonyl (C=O) groups excluding carboxylic acids is 2. The van der Waals surface area contributed by atoms with E-state index in [0.717, 1.165) is 12.1 Å². The van der Waals surface area contributed by atoms with Gasteiger partial charge in [-0.2, -0.15) is 0 Å². The summed E-state index contributed by atoms with van der Waals surface area (Å²) in [7, 11) is 0. The van der Waals surface area contributed by atoms with Gasteiger partial charge in [-0.3, -0.25) is 9.59 Å². The molecule has 0 heterocycles. The molecule has 0 amide bonds. The quantitative estimate of drug-likeness (QED) is 0.466. The van der Waals surface area contributed by atoms with Crippen molar-refractivity contribution in [3.8, 4) is 23.0 Å². The second kappa shape index (κ2) is 3.99. The van der Waals surface area contributed by atoms with E-state index in [2.05, 4.69) is 0 Å². The van der Waals surface area contributed by atoms with Gasteiger partial charge < -0.3 is 20.4 Å². The molecule has 1 aliphatic rings. The molecule has 4 N–H and O–H groups in total. The van der Waals surface area contributed by atoms with Crippen LogP contribution in [0.1, 0.15) is 37.4 Å². The number of phenolic OH excluding ortho intramolecular Hbond substituents is 4. The Kier molecular flexibility index (Phi) is 2.47. The lowest BCUT2D eigenvalue weighted by Gasteiger charge is -2.20. The minimum atomic E-state index is -0.751. The third-order valence-corrected chi connectivity index (χ3v) is 3.51. The summed E-state index contributed by atoms with van der Waals surface area (Å²) in [5.74, 6) is -3.47. The van der Waals surface area contributed by atoms with E-state index in [1.54, 1.807) is 0 Å². The molecule has 3 rings (SSSR count). The van der Waals surface area contributed by atoms with Crippen LogP contribution in [0.2, 0.25) is 0 Å². The highest BCUT2D eigenvalue weighted by Crippen LogP contribution is 2.42. The Morgan fingerprint density at radius 2 is 1.33 bits per heavy atom. The first-order chi connectivity index (χ1) is 9.82. The van der Waals surface area contributed by atoms with E-state index < -0.39 is 28.8 Å². The van der Waals surface area contributed by atoms with Crippen LogP contribution < -0.4 is 0 Å². The van der Waals surface area contributed by atoms with Crippen molar-refractivity contribution >= 4 is 11.6 Å². The molecule has 2 aromatic rings. The molecule has 0 bridgehead atoms. The first-order valence-corrected chi connectivity index (χ1v) is 6.03. The second-order valence-corrected chi connectivity index (χ2v) is 4.86. The van der Waals surface area contributed by atoms with Crippen molar-refractivity contribution in [2.75, 3.05) is 0 Å². The Balaban J connectivity index is 2.41.